The van der Waals surface area contributed by atoms with Crippen LogP contribution in [-0.4, -0.2) is 12.3 Å². The lowest BCUT2D eigenvalue weighted by atomic mass is 9.85. The summed E-state index contributed by atoms with van der Waals surface area (Å²) in [6.45, 7) is 6.03. The first-order valence-corrected chi connectivity index (χ1v) is 3.22. The van der Waals surface area contributed by atoms with Gasteiger partial charge >= 0.3 is 0 Å². The third-order valence-electron chi connectivity index (χ3n) is 1.72. The minimum absolute atomic E-state index is 0.214. The minimum atomic E-state index is -0.214. The number of nitrogens with two attached hydrogens (primary N) is 1. The third-order valence-corrected chi connectivity index (χ3v) is 1.72. The summed E-state index contributed by atoms with van der Waals surface area (Å²) in [6.07, 6.45) is 0.780. The van der Waals surface area contributed by atoms with Crippen LogP contribution in [0.25, 0.3) is 0 Å². The van der Waals surface area contributed by atoms with Crippen molar-refractivity contribution in [2.75, 3.05) is 6.54 Å². The third kappa shape index (κ3) is 2.61. The molecule has 0 radical (unpaired) electrons. The molecule has 0 aliphatic rings. The molecule has 0 rings (SSSR count). The summed E-state index contributed by atoms with van der Waals surface area (Å²) in [5.74, 6) is 0.216. The lowest BCUT2D eigenvalue weighted by Crippen LogP contribution is -2.24. The average molecular weight is 129 g/mol. The molecule has 0 atom stereocenters. The Balaban J connectivity index is 3.85. The van der Waals surface area contributed by atoms with Crippen molar-refractivity contribution in [1.82, 2.24) is 0 Å². The summed E-state index contributed by atoms with van der Waals surface area (Å²) in [7, 11) is 0. The summed E-state index contributed by atoms with van der Waals surface area (Å²) in [5.41, 5.74) is 5.09. The van der Waals surface area contributed by atoms with Gasteiger partial charge in [-0.25, -0.2) is 0 Å². The van der Waals surface area contributed by atoms with Crippen LogP contribution in [0.1, 0.15) is 27.2 Å². The first-order valence-electron chi connectivity index (χ1n) is 3.22. The molecular formula is C7H15NO. The van der Waals surface area contributed by atoms with E-state index in [9.17, 15) is 4.79 Å². The molecule has 0 saturated heterocycles. The van der Waals surface area contributed by atoms with E-state index in [2.05, 4.69) is 0 Å². The summed E-state index contributed by atoms with van der Waals surface area (Å²) in [5, 5.41) is 0. The lowest BCUT2D eigenvalue weighted by Gasteiger charge is -2.18. The molecule has 0 aliphatic carbocycles. The molecule has 0 aromatic rings. The van der Waals surface area contributed by atoms with E-state index in [0.29, 0.717) is 6.54 Å². The van der Waals surface area contributed by atoms with Crippen molar-refractivity contribution >= 4 is 5.78 Å². The van der Waals surface area contributed by atoms with Crippen LogP contribution in [0.3, 0.4) is 0 Å². The second-order valence-electron chi connectivity index (χ2n) is 2.98. The Morgan fingerprint density at radius 2 is 2.00 bits per heavy atom. The molecule has 0 aliphatic heterocycles. The van der Waals surface area contributed by atoms with Gasteiger partial charge in [0.2, 0.25) is 0 Å². The second-order valence-corrected chi connectivity index (χ2v) is 2.98. The van der Waals surface area contributed by atoms with E-state index in [4.69, 9.17) is 5.73 Å². The number of carbonyl (C=O) groups is 1. The highest BCUT2D eigenvalue weighted by atomic mass is 16.1. The maximum absolute atomic E-state index is 10.8. The van der Waals surface area contributed by atoms with Gasteiger partial charge in [0, 0.05) is 5.41 Å². The minimum Gasteiger partial charge on any atom is -0.330 e. The van der Waals surface area contributed by atoms with Crippen molar-refractivity contribution in [2.24, 2.45) is 11.1 Å². The smallest absolute Gasteiger partial charge is 0.135 e. The molecule has 0 bridgehead atoms. The molecule has 0 aromatic carbocycles. The standard InChI is InChI=1S/C7H15NO/c1-6(9)7(2,3)4-5-8/h4-5,8H2,1-3H3. The highest BCUT2D eigenvalue weighted by Gasteiger charge is 2.21. The van der Waals surface area contributed by atoms with Crippen LogP contribution >= 0.6 is 0 Å². The Hall–Kier alpha value is -0.370. The molecule has 2 N–H and O–H groups in total. The number of rotatable bonds is 3. The number of carbonyl (C=O) groups excluding carboxylic acids is 1. The zero-order valence-corrected chi connectivity index (χ0v) is 6.40. The quantitative estimate of drug-likeness (QED) is 0.616. The molecule has 0 amide bonds. The van der Waals surface area contributed by atoms with Crippen molar-refractivity contribution in [2.45, 2.75) is 27.2 Å². The van der Waals surface area contributed by atoms with E-state index in [-0.39, 0.29) is 11.2 Å². The van der Waals surface area contributed by atoms with Gasteiger partial charge < -0.3 is 5.73 Å². The summed E-state index contributed by atoms with van der Waals surface area (Å²) in [4.78, 5) is 10.8. The second kappa shape index (κ2) is 2.97. The molecule has 2 heteroatoms. The van der Waals surface area contributed by atoms with Crippen LogP contribution in [0.5, 0.6) is 0 Å². The Morgan fingerprint density at radius 1 is 1.56 bits per heavy atom. The van der Waals surface area contributed by atoms with Gasteiger partial charge in [-0.3, -0.25) is 4.79 Å². The molecule has 0 spiro atoms. The van der Waals surface area contributed by atoms with Gasteiger partial charge in [0.1, 0.15) is 5.78 Å². The highest BCUT2D eigenvalue weighted by molar-refractivity contribution is 5.81. The maximum atomic E-state index is 10.8. The summed E-state index contributed by atoms with van der Waals surface area (Å²) in [6, 6.07) is 0. The van der Waals surface area contributed by atoms with Gasteiger partial charge in [-0.05, 0) is 19.9 Å². The van der Waals surface area contributed by atoms with E-state index in [1.54, 1.807) is 6.92 Å². The van der Waals surface area contributed by atoms with E-state index >= 15 is 0 Å². The largest absolute Gasteiger partial charge is 0.330 e. The van der Waals surface area contributed by atoms with Crippen LogP contribution in [0.4, 0.5) is 0 Å². The Kier molecular flexibility index (Phi) is 2.85. The number of hydrogen-bond acceptors (Lipinski definition) is 2. The SMILES string of the molecule is CC(=O)C(C)(C)CCN. The van der Waals surface area contributed by atoms with E-state index in [1.807, 2.05) is 13.8 Å². The molecule has 0 unspecified atom stereocenters. The molecule has 0 aromatic heterocycles. The lowest BCUT2D eigenvalue weighted by molar-refractivity contribution is -0.125. The van der Waals surface area contributed by atoms with Gasteiger partial charge in [0.25, 0.3) is 0 Å². The van der Waals surface area contributed by atoms with Crippen LogP contribution in [0.15, 0.2) is 0 Å². The fourth-order valence-corrected chi connectivity index (χ4v) is 0.537. The first-order chi connectivity index (χ1) is 4.00. The molecule has 54 valence electrons. The topological polar surface area (TPSA) is 43.1 Å². The predicted octanol–water partition coefficient (Wildman–Crippen LogP) is 0.950. The molecule has 0 fully saturated rings. The van der Waals surface area contributed by atoms with Crippen LogP contribution in [-0.2, 0) is 4.79 Å². The monoisotopic (exact) mass is 129 g/mol. The fourth-order valence-electron chi connectivity index (χ4n) is 0.537. The van der Waals surface area contributed by atoms with Crippen molar-refractivity contribution < 1.29 is 4.79 Å². The summed E-state index contributed by atoms with van der Waals surface area (Å²) >= 11 is 0. The average Bonchev–Trinajstić information content (AvgIpc) is 1.65. The molecule has 2 nitrogen and oxygen atoms in total. The number of hydrogen-bond donors (Lipinski definition) is 1. The number of Topliss-reactive ketones (excluding diaryl/α,β-unsaturated/α-hetero) is 1. The normalized spacial score (nSPS) is 11.6. The number of ketones is 1. The van der Waals surface area contributed by atoms with Gasteiger partial charge in [0.05, 0.1) is 0 Å². The van der Waals surface area contributed by atoms with Gasteiger partial charge in [-0.2, -0.15) is 0 Å². The zero-order valence-electron chi connectivity index (χ0n) is 6.40. The molecular weight excluding hydrogens is 114 g/mol. The first kappa shape index (κ1) is 8.63. The van der Waals surface area contributed by atoms with Crippen molar-refractivity contribution in [3.05, 3.63) is 0 Å². The Labute approximate surface area is 56.4 Å². The fraction of sp³-hybridized carbons (Fsp3) is 0.857. The van der Waals surface area contributed by atoms with Gasteiger partial charge in [-0.1, -0.05) is 13.8 Å². The Morgan fingerprint density at radius 3 is 2.11 bits per heavy atom. The Bertz CT molecular complexity index is 107. The maximum Gasteiger partial charge on any atom is 0.135 e. The van der Waals surface area contributed by atoms with E-state index in [0.717, 1.165) is 6.42 Å². The highest BCUT2D eigenvalue weighted by Crippen LogP contribution is 2.19. The van der Waals surface area contributed by atoms with Gasteiger partial charge in [-0.15, -0.1) is 0 Å². The molecule has 9 heavy (non-hydrogen) atoms. The van der Waals surface area contributed by atoms with Crippen LogP contribution in [0.2, 0.25) is 0 Å². The van der Waals surface area contributed by atoms with Crippen LogP contribution in [0, 0.1) is 5.41 Å². The van der Waals surface area contributed by atoms with E-state index in [1.165, 1.54) is 0 Å². The zero-order chi connectivity index (χ0) is 7.49. The molecule has 0 heterocycles. The van der Waals surface area contributed by atoms with Crippen LogP contribution < -0.4 is 5.73 Å². The predicted molar refractivity (Wildman–Crippen MR) is 38.1 cm³/mol. The van der Waals surface area contributed by atoms with E-state index < -0.39 is 0 Å². The van der Waals surface area contributed by atoms with Crippen molar-refractivity contribution in [1.29, 1.82) is 0 Å². The van der Waals surface area contributed by atoms with Crippen molar-refractivity contribution in [3.8, 4) is 0 Å². The van der Waals surface area contributed by atoms with Gasteiger partial charge in [0.15, 0.2) is 0 Å². The summed E-state index contributed by atoms with van der Waals surface area (Å²) < 4.78 is 0. The molecule has 0 saturated carbocycles. The van der Waals surface area contributed by atoms with Crippen molar-refractivity contribution in [3.63, 3.8) is 0 Å².